The smallest absolute Gasteiger partial charge is 0.326 e. The Bertz CT molecular complexity index is 273. The lowest BCUT2D eigenvalue weighted by Crippen LogP contribution is -2.36. The van der Waals surface area contributed by atoms with Crippen LogP contribution in [0.2, 0.25) is 0 Å². The van der Waals surface area contributed by atoms with Gasteiger partial charge in [0.2, 0.25) is 12.3 Å². The zero-order valence-corrected chi connectivity index (χ0v) is 10.8. The van der Waals surface area contributed by atoms with Crippen LogP contribution in [0.1, 0.15) is 20.3 Å². The Balaban J connectivity index is 3.91. The van der Waals surface area contributed by atoms with Crippen molar-refractivity contribution in [1.82, 2.24) is 10.6 Å². The van der Waals surface area contributed by atoms with Crippen LogP contribution in [0.25, 0.3) is 0 Å². The first-order chi connectivity index (χ1) is 8.02. The van der Waals surface area contributed by atoms with Crippen molar-refractivity contribution >= 4 is 30.0 Å². The van der Waals surface area contributed by atoms with Crippen LogP contribution in [0.3, 0.4) is 0 Å². The Labute approximate surface area is 105 Å². The number of aliphatic carboxylic acids is 1. The van der Waals surface area contributed by atoms with Gasteiger partial charge < -0.3 is 15.7 Å². The first-order valence-electron chi connectivity index (χ1n) is 5.34. The highest BCUT2D eigenvalue weighted by atomic mass is 32.2. The molecule has 6 nitrogen and oxygen atoms in total. The molecule has 2 atom stereocenters. The predicted octanol–water partition coefficient (Wildman–Crippen LogP) is -0.166. The van der Waals surface area contributed by atoms with Crippen molar-refractivity contribution in [3.8, 4) is 0 Å². The van der Waals surface area contributed by atoms with Crippen LogP contribution in [-0.4, -0.2) is 47.0 Å². The van der Waals surface area contributed by atoms with Crippen molar-refractivity contribution < 1.29 is 19.5 Å². The van der Waals surface area contributed by atoms with E-state index in [0.29, 0.717) is 25.1 Å². The number of carbonyl (C=O) groups excluding carboxylic acids is 2. The molecule has 0 saturated heterocycles. The molecule has 17 heavy (non-hydrogen) atoms. The first-order valence-corrected chi connectivity index (χ1v) is 6.39. The molecule has 7 heteroatoms. The van der Waals surface area contributed by atoms with Crippen LogP contribution in [0.15, 0.2) is 0 Å². The average Bonchev–Trinajstić information content (AvgIpc) is 2.27. The summed E-state index contributed by atoms with van der Waals surface area (Å²) in [6, 6.07) is -0.888. The van der Waals surface area contributed by atoms with Gasteiger partial charge >= 0.3 is 5.97 Å². The number of nitrogens with one attached hydrogen (secondary N) is 2. The summed E-state index contributed by atoms with van der Waals surface area (Å²) in [4.78, 5) is 32.2. The number of hydrogen-bond donors (Lipinski definition) is 3. The highest BCUT2D eigenvalue weighted by Crippen LogP contribution is 2.13. The Morgan fingerprint density at radius 2 is 2.12 bits per heavy atom. The highest BCUT2D eigenvalue weighted by molar-refractivity contribution is 8.00. The molecule has 0 bridgehead atoms. The molecule has 98 valence electrons. The predicted molar refractivity (Wildman–Crippen MR) is 65.8 cm³/mol. The second-order valence-corrected chi connectivity index (χ2v) is 4.82. The van der Waals surface area contributed by atoms with Gasteiger partial charge in [-0.3, -0.25) is 9.59 Å². The lowest BCUT2D eigenvalue weighted by molar-refractivity contribution is -0.140. The number of hydrogen-bond acceptors (Lipinski definition) is 4. The van der Waals surface area contributed by atoms with E-state index in [1.165, 1.54) is 11.8 Å². The Hall–Kier alpha value is -1.24. The maximum absolute atomic E-state index is 11.4. The minimum absolute atomic E-state index is 0.0623. The molecule has 0 aromatic carbocycles. The zero-order chi connectivity index (χ0) is 13.3. The Morgan fingerprint density at radius 1 is 1.47 bits per heavy atom. The largest absolute Gasteiger partial charge is 0.480 e. The molecule has 0 aliphatic rings. The topological polar surface area (TPSA) is 95.5 Å². The van der Waals surface area contributed by atoms with Crippen LogP contribution in [0, 0.1) is 0 Å². The van der Waals surface area contributed by atoms with Crippen LogP contribution < -0.4 is 10.6 Å². The molecule has 2 amide bonds. The van der Waals surface area contributed by atoms with E-state index in [-0.39, 0.29) is 11.2 Å². The number of rotatable bonds is 9. The number of amides is 2. The van der Waals surface area contributed by atoms with E-state index in [2.05, 4.69) is 10.6 Å². The van der Waals surface area contributed by atoms with Crippen molar-refractivity contribution in [3.05, 3.63) is 0 Å². The fraction of sp³-hybridized carbons (Fsp3) is 0.700. The molecule has 0 aliphatic carbocycles. The Kier molecular flexibility index (Phi) is 8.21. The average molecular weight is 262 g/mol. The van der Waals surface area contributed by atoms with E-state index in [9.17, 15) is 14.4 Å². The summed E-state index contributed by atoms with van der Waals surface area (Å²) >= 11 is 1.36. The fourth-order valence-corrected chi connectivity index (χ4v) is 2.08. The summed E-state index contributed by atoms with van der Waals surface area (Å²) in [5.74, 6) is -0.632. The summed E-state index contributed by atoms with van der Waals surface area (Å²) in [5.41, 5.74) is 0. The molecule has 0 aliphatic heterocycles. The maximum atomic E-state index is 11.4. The molecule has 2 unspecified atom stereocenters. The number of carbonyl (C=O) groups is 3. The molecule has 3 N–H and O–H groups in total. The third kappa shape index (κ3) is 6.83. The summed E-state index contributed by atoms with van der Waals surface area (Å²) in [5, 5.41) is 13.4. The van der Waals surface area contributed by atoms with Gasteiger partial charge in [-0.1, -0.05) is 0 Å². The summed E-state index contributed by atoms with van der Waals surface area (Å²) in [7, 11) is 0. The molecular formula is C10H18N2O4S. The lowest BCUT2D eigenvalue weighted by atomic mass is 10.2. The highest BCUT2D eigenvalue weighted by Gasteiger charge is 2.18. The van der Waals surface area contributed by atoms with Gasteiger partial charge in [0.1, 0.15) is 6.04 Å². The third-order valence-corrected chi connectivity index (χ3v) is 3.25. The molecule has 0 aromatic heterocycles. The lowest BCUT2D eigenvalue weighted by Gasteiger charge is -2.13. The zero-order valence-electron chi connectivity index (χ0n) is 9.93. The molecule has 0 fully saturated rings. The molecule has 0 radical (unpaired) electrons. The monoisotopic (exact) mass is 262 g/mol. The summed E-state index contributed by atoms with van der Waals surface area (Å²) in [6.45, 7) is 4.18. The van der Waals surface area contributed by atoms with Crippen molar-refractivity contribution in [2.75, 3.05) is 12.3 Å². The van der Waals surface area contributed by atoms with Crippen LogP contribution in [0.4, 0.5) is 0 Å². The van der Waals surface area contributed by atoms with Crippen molar-refractivity contribution in [2.45, 2.75) is 31.6 Å². The van der Waals surface area contributed by atoms with E-state index in [0.717, 1.165) is 0 Å². The SMILES string of the molecule is CCNC(=O)C(C)SCCC(NC=O)C(=O)O. The molecule has 0 heterocycles. The Morgan fingerprint density at radius 3 is 2.59 bits per heavy atom. The maximum Gasteiger partial charge on any atom is 0.326 e. The van der Waals surface area contributed by atoms with Crippen molar-refractivity contribution in [1.29, 1.82) is 0 Å². The van der Waals surface area contributed by atoms with Gasteiger partial charge in [-0.25, -0.2) is 4.79 Å². The van der Waals surface area contributed by atoms with E-state index >= 15 is 0 Å². The van der Waals surface area contributed by atoms with E-state index < -0.39 is 12.0 Å². The van der Waals surface area contributed by atoms with E-state index in [4.69, 9.17) is 5.11 Å². The van der Waals surface area contributed by atoms with Gasteiger partial charge in [-0.2, -0.15) is 0 Å². The van der Waals surface area contributed by atoms with Crippen molar-refractivity contribution in [3.63, 3.8) is 0 Å². The van der Waals surface area contributed by atoms with Crippen molar-refractivity contribution in [2.24, 2.45) is 0 Å². The fourth-order valence-electron chi connectivity index (χ4n) is 1.12. The van der Waals surface area contributed by atoms with Gasteiger partial charge in [-0.05, 0) is 26.0 Å². The molecular weight excluding hydrogens is 244 g/mol. The van der Waals surface area contributed by atoms with E-state index in [1.807, 2.05) is 6.92 Å². The summed E-state index contributed by atoms with van der Waals surface area (Å²) in [6.07, 6.45) is 0.666. The van der Waals surface area contributed by atoms with Crippen LogP contribution in [0.5, 0.6) is 0 Å². The molecule has 0 spiro atoms. The van der Waals surface area contributed by atoms with Gasteiger partial charge in [0.15, 0.2) is 0 Å². The molecule has 0 saturated carbocycles. The normalized spacial score (nSPS) is 13.5. The second-order valence-electron chi connectivity index (χ2n) is 3.37. The van der Waals surface area contributed by atoms with Crippen LogP contribution >= 0.6 is 11.8 Å². The number of carboxylic acid groups (broad SMARTS) is 1. The van der Waals surface area contributed by atoms with Gasteiger partial charge in [-0.15, -0.1) is 11.8 Å². The number of carboxylic acids is 1. The minimum Gasteiger partial charge on any atom is -0.480 e. The first kappa shape index (κ1) is 15.8. The van der Waals surface area contributed by atoms with Gasteiger partial charge in [0.05, 0.1) is 5.25 Å². The summed E-state index contributed by atoms with van der Waals surface area (Å²) < 4.78 is 0. The third-order valence-electron chi connectivity index (χ3n) is 2.06. The minimum atomic E-state index is -1.07. The second kappa shape index (κ2) is 8.86. The van der Waals surface area contributed by atoms with Crippen LogP contribution in [-0.2, 0) is 14.4 Å². The van der Waals surface area contributed by atoms with Gasteiger partial charge in [0, 0.05) is 6.54 Å². The van der Waals surface area contributed by atoms with E-state index in [1.54, 1.807) is 6.92 Å². The molecule has 0 rings (SSSR count). The molecule has 0 aromatic rings. The standard InChI is InChI=1S/C10H18N2O4S/c1-3-11-9(14)7(2)17-5-4-8(10(15)16)12-6-13/h6-8H,3-5H2,1-2H3,(H,11,14)(H,12,13)(H,15,16). The van der Waals surface area contributed by atoms with Gasteiger partial charge in [0.25, 0.3) is 0 Å². The quantitative estimate of drug-likeness (QED) is 0.502. The number of thioether (sulfide) groups is 1.